The van der Waals surface area contributed by atoms with Crippen LogP contribution in [0, 0.1) is 5.41 Å². The first-order valence-corrected chi connectivity index (χ1v) is 6.14. The van der Waals surface area contributed by atoms with Crippen molar-refractivity contribution >= 4 is 11.6 Å². The van der Waals surface area contributed by atoms with Gasteiger partial charge in [0.1, 0.15) is 11.6 Å². The number of anilines is 2. The monoisotopic (exact) mass is 274 g/mol. The maximum Gasteiger partial charge on any atom is 0.451 e. The van der Waals surface area contributed by atoms with Crippen LogP contribution in [0.5, 0.6) is 0 Å². The lowest BCUT2D eigenvalue weighted by Crippen LogP contribution is -2.38. The summed E-state index contributed by atoms with van der Waals surface area (Å²) >= 11 is 0. The van der Waals surface area contributed by atoms with Crippen LogP contribution in [0.4, 0.5) is 24.8 Å². The molecule has 0 aliphatic carbocycles. The number of piperidine rings is 1. The van der Waals surface area contributed by atoms with E-state index in [1.54, 1.807) is 0 Å². The Hall–Kier alpha value is -1.53. The predicted molar refractivity (Wildman–Crippen MR) is 66.7 cm³/mol. The summed E-state index contributed by atoms with van der Waals surface area (Å²) in [6.45, 7) is 5.67. The van der Waals surface area contributed by atoms with Crippen molar-refractivity contribution in [1.82, 2.24) is 9.97 Å². The van der Waals surface area contributed by atoms with Gasteiger partial charge in [0.05, 0.1) is 0 Å². The average molecular weight is 274 g/mol. The Kier molecular flexibility index (Phi) is 3.32. The molecule has 7 heteroatoms. The van der Waals surface area contributed by atoms with E-state index in [1.807, 2.05) is 4.90 Å². The van der Waals surface area contributed by atoms with Crippen molar-refractivity contribution in [2.45, 2.75) is 32.9 Å². The standard InChI is InChI=1S/C12H17F3N4/c1-11(2)3-5-19(6-4-11)9-7-8(16)17-10(18-9)12(13,14)15/h7H,3-6H2,1-2H3,(H2,16,17,18). The quantitative estimate of drug-likeness (QED) is 0.855. The lowest BCUT2D eigenvalue weighted by molar-refractivity contribution is -0.144. The van der Waals surface area contributed by atoms with Gasteiger partial charge in [0.2, 0.25) is 5.82 Å². The summed E-state index contributed by atoms with van der Waals surface area (Å²) in [5.41, 5.74) is 5.66. The second-order valence-corrected chi connectivity index (χ2v) is 5.62. The Morgan fingerprint density at radius 1 is 1.21 bits per heavy atom. The minimum atomic E-state index is -4.57. The molecule has 2 heterocycles. The van der Waals surface area contributed by atoms with Crippen molar-refractivity contribution < 1.29 is 13.2 Å². The van der Waals surface area contributed by atoms with Crippen molar-refractivity contribution in [2.24, 2.45) is 5.41 Å². The molecule has 0 bridgehead atoms. The Morgan fingerprint density at radius 2 is 1.79 bits per heavy atom. The van der Waals surface area contributed by atoms with Gasteiger partial charge < -0.3 is 10.6 Å². The summed E-state index contributed by atoms with van der Waals surface area (Å²) in [4.78, 5) is 8.66. The molecule has 1 aliphatic heterocycles. The third-order valence-electron chi connectivity index (χ3n) is 3.43. The molecule has 0 saturated carbocycles. The average Bonchev–Trinajstić information content (AvgIpc) is 2.26. The minimum Gasteiger partial charge on any atom is -0.384 e. The van der Waals surface area contributed by atoms with E-state index in [0.717, 1.165) is 12.8 Å². The smallest absolute Gasteiger partial charge is 0.384 e. The number of nitrogens with two attached hydrogens (primary N) is 1. The molecule has 0 spiro atoms. The molecule has 0 radical (unpaired) electrons. The molecule has 2 rings (SSSR count). The van der Waals surface area contributed by atoms with Crippen LogP contribution < -0.4 is 10.6 Å². The van der Waals surface area contributed by atoms with Gasteiger partial charge in [0.15, 0.2) is 0 Å². The molecule has 106 valence electrons. The number of rotatable bonds is 1. The summed E-state index contributed by atoms with van der Waals surface area (Å²) in [7, 11) is 0. The molecule has 0 atom stereocenters. The van der Waals surface area contributed by atoms with E-state index in [-0.39, 0.29) is 17.1 Å². The summed E-state index contributed by atoms with van der Waals surface area (Å²) in [5, 5.41) is 0. The Balaban J connectivity index is 2.24. The second-order valence-electron chi connectivity index (χ2n) is 5.62. The Labute approximate surface area is 109 Å². The maximum atomic E-state index is 12.6. The molecule has 19 heavy (non-hydrogen) atoms. The molecular weight excluding hydrogens is 257 g/mol. The number of hydrogen-bond acceptors (Lipinski definition) is 4. The largest absolute Gasteiger partial charge is 0.451 e. The summed E-state index contributed by atoms with van der Waals surface area (Å²) in [6, 6.07) is 1.40. The number of alkyl halides is 3. The maximum absolute atomic E-state index is 12.6. The van der Waals surface area contributed by atoms with Crippen molar-refractivity contribution in [3.63, 3.8) is 0 Å². The van der Waals surface area contributed by atoms with Crippen LogP contribution in [-0.4, -0.2) is 23.1 Å². The van der Waals surface area contributed by atoms with E-state index in [0.29, 0.717) is 13.1 Å². The number of aromatic nitrogens is 2. The molecule has 4 nitrogen and oxygen atoms in total. The highest BCUT2D eigenvalue weighted by Gasteiger charge is 2.36. The zero-order chi connectivity index (χ0) is 14.3. The fraction of sp³-hybridized carbons (Fsp3) is 0.667. The first kappa shape index (κ1) is 13.9. The highest BCUT2D eigenvalue weighted by Crippen LogP contribution is 2.33. The molecule has 0 aromatic carbocycles. The van der Waals surface area contributed by atoms with Gasteiger partial charge in [-0.3, -0.25) is 0 Å². The van der Waals surface area contributed by atoms with E-state index < -0.39 is 12.0 Å². The third-order valence-corrected chi connectivity index (χ3v) is 3.43. The lowest BCUT2D eigenvalue weighted by Gasteiger charge is -2.37. The molecule has 2 N–H and O–H groups in total. The highest BCUT2D eigenvalue weighted by molar-refractivity contribution is 5.47. The number of nitrogen functional groups attached to an aromatic ring is 1. The first-order valence-electron chi connectivity index (χ1n) is 6.14. The topological polar surface area (TPSA) is 55.0 Å². The fourth-order valence-corrected chi connectivity index (χ4v) is 2.08. The van der Waals surface area contributed by atoms with Gasteiger partial charge in [-0.25, -0.2) is 9.97 Å². The Morgan fingerprint density at radius 3 is 2.32 bits per heavy atom. The zero-order valence-electron chi connectivity index (χ0n) is 11.0. The van der Waals surface area contributed by atoms with Gasteiger partial charge in [-0.2, -0.15) is 13.2 Å². The molecule has 0 amide bonds. The summed E-state index contributed by atoms with van der Waals surface area (Å²) in [5.74, 6) is -1.06. The van der Waals surface area contributed by atoms with Gasteiger partial charge in [-0.15, -0.1) is 0 Å². The lowest BCUT2D eigenvalue weighted by atomic mass is 9.83. The number of nitrogens with zero attached hydrogens (tertiary/aromatic N) is 3. The van der Waals surface area contributed by atoms with Crippen LogP contribution in [0.2, 0.25) is 0 Å². The summed E-state index contributed by atoms with van der Waals surface area (Å²) < 4.78 is 37.9. The molecule has 1 saturated heterocycles. The van der Waals surface area contributed by atoms with Gasteiger partial charge in [0.25, 0.3) is 0 Å². The second kappa shape index (κ2) is 4.54. The Bertz CT molecular complexity index is 461. The van der Waals surface area contributed by atoms with Crippen LogP contribution >= 0.6 is 0 Å². The van der Waals surface area contributed by atoms with Crippen molar-refractivity contribution in [1.29, 1.82) is 0 Å². The molecule has 1 aromatic rings. The summed E-state index contributed by atoms with van der Waals surface area (Å²) in [6.07, 6.45) is -2.74. The van der Waals surface area contributed by atoms with E-state index >= 15 is 0 Å². The minimum absolute atomic E-state index is 0.151. The number of halogens is 3. The van der Waals surface area contributed by atoms with Crippen LogP contribution in [-0.2, 0) is 6.18 Å². The third kappa shape index (κ3) is 3.27. The molecular formula is C12H17F3N4. The van der Waals surface area contributed by atoms with Crippen LogP contribution in [0.3, 0.4) is 0 Å². The predicted octanol–water partition coefficient (Wildman–Crippen LogP) is 2.70. The zero-order valence-corrected chi connectivity index (χ0v) is 11.0. The fourth-order valence-electron chi connectivity index (χ4n) is 2.08. The van der Waals surface area contributed by atoms with Crippen molar-refractivity contribution in [3.05, 3.63) is 11.9 Å². The normalized spacial score (nSPS) is 19.5. The molecule has 1 aliphatic rings. The number of hydrogen-bond donors (Lipinski definition) is 1. The van der Waals surface area contributed by atoms with Gasteiger partial charge in [-0.05, 0) is 18.3 Å². The van der Waals surface area contributed by atoms with Crippen LogP contribution in [0.25, 0.3) is 0 Å². The van der Waals surface area contributed by atoms with E-state index in [9.17, 15) is 13.2 Å². The van der Waals surface area contributed by atoms with E-state index in [4.69, 9.17) is 5.73 Å². The SMILES string of the molecule is CC1(C)CCN(c2cc(N)nc(C(F)(F)F)n2)CC1. The molecule has 1 aromatic heterocycles. The van der Waals surface area contributed by atoms with E-state index in [2.05, 4.69) is 23.8 Å². The van der Waals surface area contributed by atoms with Gasteiger partial charge in [-0.1, -0.05) is 13.8 Å². The molecule has 1 fully saturated rings. The molecule has 0 unspecified atom stereocenters. The van der Waals surface area contributed by atoms with Crippen LogP contribution in [0.1, 0.15) is 32.5 Å². The highest BCUT2D eigenvalue weighted by atomic mass is 19.4. The first-order chi connectivity index (χ1) is 8.67. The van der Waals surface area contributed by atoms with Gasteiger partial charge in [0, 0.05) is 19.2 Å². The van der Waals surface area contributed by atoms with Crippen molar-refractivity contribution in [3.8, 4) is 0 Å². The van der Waals surface area contributed by atoms with Crippen molar-refractivity contribution in [2.75, 3.05) is 23.7 Å². The van der Waals surface area contributed by atoms with E-state index in [1.165, 1.54) is 6.07 Å². The van der Waals surface area contributed by atoms with Gasteiger partial charge >= 0.3 is 6.18 Å². The van der Waals surface area contributed by atoms with Crippen LogP contribution in [0.15, 0.2) is 6.07 Å².